The van der Waals surface area contributed by atoms with Crippen LogP contribution in [0.15, 0.2) is 24.3 Å². The first-order valence-electron chi connectivity index (χ1n) is 6.94. The highest BCUT2D eigenvalue weighted by molar-refractivity contribution is 5.32. The molecule has 0 bridgehead atoms. The minimum atomic E-state index is 0.635. The second kappa shape index (κ2) is 4.79. The molecule has 0 aromatic heterocycles. The standard InChI is InChI=1S/C15H22N2/c16-10-11-17(13-8-9-13)15-7-3-5-12-4-1-2-6-14(12)15/h1-2,4,6,13,15H,3,5,7-11,16H2. The van der Waals surface area contributed by atoms with Crippen molar-refractivity contribution in [2.24, 2.45) is 5.73 Å². The monoisotopic (exact) mass is 230 g/mol. The molecule has 0 heterocycles. The van der Waals surface area contributed by atoms with Gasteiger partial charge in [-0.05, 0) is 43.2 Å². The SMILES string of the molecule is NCCN(C1CC1)C1CCCc2ccccc21. The summed E-state index contributed by atoms with van der Waals surface area (Å²) in [5.74, 6) is 0. The number of nitrogens with zero attached hydrogens (tertiary/aromatic N) is 1. The molecule has 0 radical (unpaired) electrons. The molecule has 2 aliphatic carbocycles. The third-order valence-electron chi connectivity index (χ3n) is 4.14. The van der Waals surface area contributed by atoms with Gasteiger partial charge in [-0.2, -0.15) is 0 Å². The van der Waals surface area contributed by atoms with Gasteiger partial charge >= 0.3 is 0 Å². The summed E-state index contributed by atoms with van der Waals surface area (Å²) in [5, 5.41) is 0. The Labute approximate surface area is 104 Å². The molecular formula is C15H22N2. The van der Waals surface area contributed by atoms with E-state index >= 15 is 0 Å². The van der Waals surface area contributed by atoms with E-state index in [-0.39, 0.29) is 0 Å². The van der Waals surface area contributed by atoms with Crippen LogP contribution in [0.2, 0.25) is 0 Å². The minimum Gasteiger partial charge on any atom is -0.329 e. The second-order valence-corrected chi connectivity index (χ2v) is 5.36. The van der Waals surface area contributed by atoms with Gasteiger partial charge in [-0.25, -0.2) is 0 Å². The summed E-state index contributed by atoms with van der Waals surface area (Å²) in [6.07, 6.45) is 6.65. The molecule has 1 atom stereocenters. The van der Waals surface area contributed by atoms with E-state index in [0.29, 0.717) is 6.04 Å². The predicted octanol–water partition coefficient (Wildman–Crippen LogP) is 2.49. The molecular weight excluding hydrogens is 208 g/mol. The third-order valence-corrected chi connectivity index (χ3v) is 4.14. The molecule has 2 aliphatic rings. The van der Waals surface area contributed by atoms with E-state index < -0.39 is 0 Å². The Hall–Kier alpha value is -0.860. The number of hydrogen-bond acceptors (Lipinski definition) is 2. The van der Waals surface area contributed by atoms with Crippen molar-refractivity contribution in [3.8, 4) is 0 Å². The van der Waals surface area contributed by atoms with Crippen LogP contribution in [0.1, 0.15) is 42.9 Å². The maximum atomic E-state index is 5.78. The zero-order chi connectivity index (χ0) is 11.7. The van der Waals surface area contributed by atoms with Crippen molar-refractivity contribution in [3.63, 3.8) is 0 Å². The van der Waals surface area contributed by atoms with E-state index in [4.69, 9.17) is 5.73 Å². The summed E-state index contributed by atoms with van der Waals surface area (Å²) >= 11 is 0. The highest BCUT2D eigenvalue weighted by Gasteiger charge is 2.35. The number of fused-ring (bicyclic) bond motifs is 1. The van der Waals surface area contributed by atoms with E-state index in [2.05, 4.69) is 29.2 Å². The van der Waals surface area contributed by atoms with Gasteiger partial charge in [0.15, 0.2) is 0 Å². The Kier molecular flexibility index (Phi) is 3.17. The summed E-state index contributed by atoms with van der Waals surface area (Å²) in [6, 6.07) is 10.4. The fraction of sp³-hybridized carbons (Fsp3) is 0.600. The third kappa shape index (κ3) is 2.24. The van der Waals surface area contributed by atoms with Gasteiger partial charge in [0.05, 0.1) is 0 Å². The largest absolute Gasteiger partial charge is 0.329 e. The average molecular weight is 230 g/mol. The van der Waals surface area contributed by atoms with Crippen molar-refractivity contribution in [2.45, 2.75) is 44.2 Å². The van der Waals surface area contributed by atoms with Crippen LogP contribution >= 0.6 is 0 Å². The van der Waals surface area contributed by atoms with Crippen LogP contribution in [0.5, 0.6) is 0 Å². The van der Waals surface area contributed by atoms with Gasteiger partial charge < -0.3 is 5.73 Å². The molecule has 1 saturated carbocycles. The van der Waals surface area contributed by atoms with Crippen molar-refractivity contribution in [1.29, 1.82) is 0 Å². The summed E-state index contributed by atoms with van der Waals surface area (Å²) in [4.78, 5) is 2.66. The quantitative estimate of drug-likeness (QED) is 0.861. The van der Waals surface area contributed by atoms with Gasteiger partial charge in [0.2, 0.25) is 0 Å². The molecule has 0 amide bonds. The van der Waals surface area contributed by atoms with Crippen LogP contribution in [0.25, 0.3) is 0 Å². The van der Waals surface area contributed by atoms with Gasteiger partial charge in [-0.3, -0.25) is 4.90 Å². The molecule has 1 aromatic rings. The summed E-state index contributed by atoms with van der Waals surface area (Å²) in [7, 11) is 0. The topological polar surface area (TPSA) is 29.3 Å². The van der Waals surface area contributed by atoms with Crippen LogP contribution in [-0.4, -0.2) is 24.0 Å². The number of rotatable bonds is 4. The Morgan fingerprint density at radius 1 is 1.18 bits per heavy atom. The molecule has 17 heavy (non-hydrogen) atoms. The molecule has 3 rings (SSSR count). The van der Waals surface area contributed by atoms with Crippen LogP contribution in [-0.2, 0) is 6.42 Å². The number of nitrogens with two attached hydrogens (primary N) is 1. The van der Waals surface area contributed by atoms with Gasteiger partial charge in [-0.15, -0.1) is 0 Å². The number of benzene rings is 1. The zero-order valence-electron chi connectivity index (χ0n) is 10.4. The number of hydrogen-bond donors (Lipinski definition) is 1. The lowest BCUT2D eigenvalue weighted by Crippen LogP contribution is -2.36. The van der Waals surface area contributed by atoms with Crippen LogP contribution in [0.4, 0.5) is 0 Å². The highest BCUT2D eigenvalue weighted by atomic mass is 15.2. The van der Waals surface area contributed by atoms with Gasteiger partial charge in [0.1, 0.15) is 0 Å². The molecule has 2 N–H and O–H groups in total. The lowest BCUT2D eigenvalue weighted by molar-refractivity contribution is 0.174. The molecule has 0 spiro atoms. The Morgan fingerprint density at radius 3 is 2.76 bits per heavy atom. The lowest BCUT2D eigenvalue weighted by atomic mass is 9.86. The van der Waals surface area contributed by atoms with Crippen LogP contribution in [0.3, 0.4) is 0 Å². The van der Waals surface area contributed by atoms with Crippen molar-refractivity contribution in [3.05, 3.63) is 35.4 Å². The molecule has 92 valence electrons. The van der Waals surface area contributed by atoms with Crippen molar-refractivity contribution in [2.75, 3.05) is 13.1 Å². The first-order valence-corrected chi connectivity index (χ1v) is 6.94. The molecule has 1 aromatic carbocycles. The van der Waals surface area contributed by atoms with E-state index in [1.807, 2.05) is 0 Å². The molecule has 2 nitrogen and oxygen atoms in total. The van der Waals surface area contributed by atoms with Crippen molar-refractivity contribution in [1.82, 2.24) is 4.90 Å². The van der Waals surface area contributed by atoms with Gasteiger partial charge in [-0.1, -0.05) is 24.3 Å². The first kappa shape index (κ1) is 11.2. The van der Waals surface area contributed by atoms with Crippen LogP contribution < -0.4 is 5.73 Å². The van der Waals surface area contributed by atoms with Crippen LogP contribution in [0, 0.1) is 0 Å². The molecule has 1 unspecified atom stereocenters. The number of aryl methyl sites for hydroxylation is 1. The summed E-state index contributed by atoms with van der Waals surface area (Å²) in [6.45, 7) is 1.85. The molecule has 0 aliphatic heterocycles. The average Bonchev–Trinajstić information content (AvgIpc) is 3.20. The first-order chi connectivity index (χ1) is 8.40. The van der Waals surface area contributed by atoms with E-state index in [0.717, 1.165) is 19.1 Å². The second-order valence-electron chi connectivity index (χ2n) is 5.36. The molecule has 2 heteroatoms. The zero-order valence-corrected chi connectivity index (χ0v) is 10.4. The normalized spacial score (nSPS) is 23.8. The maximum Gasteiger partial charge on any atom is 0.0354 e. The Morgan fingerprint density at radius 2 is 2.00 bits per heavy atom. The smallest absolute Gasteiger partial charge is 0.0354 e. The predicted molar refractivity (Wildman–Crippen MR) is 70.9 cm³/mol. The van der Waals surface area contributed by atoms with E-state index in [9.17, 15) is 0 Å². The maximum absolute atomic E-state index is 5.78. The molecule has 1 fully saturated rings. The summed E-state index contributed by atoms with van der Waals surface area (Å²) < 4.78 is 0. The highest BCUT2D eigenvalue weighted by Crippen LogP contribution is 2.40. The van der Waals surface area contributed by atoms with E-state index in [1.165, 1.54) is 32.1 Å². The Bertz CT molecular complexity index is 384. The fourth-order valence-electron chi connectivity index (χ4n) is 3.22. The van der Waals surface area contributed by atoms with E-state index in [1.54, 1.807) is 11.1 Å². The Balaban J connectivity index is 1.87. The van der Waals surface area contributed by atoms with Gasteiger partial charge in [0.25, 0.3) is 0 Å². The summed E-state index contributed by atoms with van der Waals surface area (Å²) in [5.41, 5.74) is 8.91. The van der Waals surface area contributed by atoms with Crippen molar-refractivity contribution < 1.29 is 0 Å². The molecule has 0 saturated heterocycles. The fourth-order valence-corrected chi connectivity index (χ4v) is 3.22. The minimum absolute atomic E-state index is 0.635. The van der Waals surface area contributed by atoms with Gasteiger partial charge in [0, 0.05) is 25.2 Å². The van der Waals surface area contributed by atoms with Crippen molar-refractivity contribution >= 4 is 0 Å². The lowest BCUT2D eigenvalue weighted by Gasteiger charge is -2.36.